The second-order valence-corrected chi connectivity index (χ2v) is 4.30. The zero-order valence-electron chi connectivity index (χ0n) is 8.21. The normalized spacial score (nSPS) is 23.0. The summed E-state index contributed by atoms with van der Waals surface area (Å²) in [7, 11) is 0. The molecule has 1 fully saturated rings. The molecule has 1 aliphatic rings. The highest BCUT2D eigenvalue weighted by Gasteiger charge is 2.24. The fraction of sp³-hybridized carbons (Fsp3) is 1.00. The van der Waals surface area contributed by atoms with Crippen LogP contribution in [-0.2, 0) is 4.74 Å². The number of aliphatic hydroxyl groups is 1. The van der Waals surface area contributed by atoms with Gasteiger partial charge in [0, 0.05) is 13.1 Å². The van der Waals surface area contributed by atoms with E-state index in [1.54, 1.807) is 0 Å². The van der Waals surface area contributed by atoms with Crippen LogP contribution in [0.4, 0.5) is 0 Å². The highest BCUT2D eigenvalue weighted by molar-refractivity contribution is 4.67. The Morgan fingerprint density at radius 1 is 1.25 bits per heavy atom. The molecule has 1 saturated heterocycles. The fourth-order valence-electron chi connectivity index (χ4n) is 1.35. The maximum absolute atomic E-state index is 9.59. The van der Waals surface area contributed by atoms with Crippen molar-refractivity contribution in [2.24, 2.45) is 0 Å². The first-order chi connectivity index (χ1) is 5.49. The number of hydrogen-bond donors (Lipinski definition) is 1. The van der Waals surface area contributed by atoms with Crippen LogP contribution in [0.25, 0.3) is 0 Å². The van der Waals surface area contributed by atoms with Gasteiger partial charge in [-0.2, -0.15) is 0 Å². The predicted molar refractivity (Wildman–Crippen MR) is 47.7 cm³/mol. The number of rotatable bonds is 2. The van der Waals surface area contributed by atoms with E-state index in [-0.39, 0.29) is 5.60 Å². The number of hydrogen-bond acceptors (Lipinski definition) is 3. The third-order valence-corrected chi connectivity index (χ3v) is 1.91. The molecule has 0 saturated carbocycles. The van der Waals surface area contributed by atoms with Crippen LogP contribution >= 0.6 is 0 Å². The Labute approximate surface area is 74.3 Å². The van der Waals surface area contributed by atoms with E-state index < -0.39 is 6.41 Å². The molecule has 0 aliphatic carbocycles. The summed E-state index contributed by atoms with van der Waals surface area (Å²) in [6.07, 6.45) is 1.63. The molecule has 0 radical (unpaired) electrons. The number of ether oxygens (including phenoxy) is 1. The van der Waals surface area contributed by atoms with Crippen LogP contribution in [0.1, 0.15) is 33.6 Å². The zero-order chi connectivity index (χ0) is 9.19. The topological polar surface area (TPSA) is 32.7 Å². The van der Waals surface area contributed by atoms with Crippen molar-refractivity contribution in [3.05, 3.63) is 0 Å². The van der Waals surface area contributed by atoms with Gasteiger partial charge in [0.1, 0.15) is 0 Å². The first-order valence-electron chi connectivity index (χ1n) is 4.59. The molecule has 1 rings (SSSR count). The molecule has 0 aromatic carbocycles. The largest absolute Gasteiger partial charge is 0.356 e. The van der Waals surface area contributed by atoms with Crippen LogP contribution in [-0.4, -0.2) is 35.1 Å². The second-order valence-electron chi connectivity index (χ2n) is 4.30. The summed E-state index contributed by atoms with van der Waals surface area (Å²) in [6, 6.07) is 0. The third kappa shape index (κ3) is 3.09. The minimum atomic E-state index is -0.715. The van der Waals surface area contributed by atoms with Crippen molar-refractivity contribution in [3.63, 3.8) is 0 Å². The lowest BCUT2D eigenvalue weighted by Crippen LogP contribution is -2.40. The molecular formula is C9H19NO2. The molecule has 0 aromatic heterocycles. The maximum Gasteiger partial charge on any atom is 0.216 e. The van der Waals surface area contributed by atoms with Gasteiger partial charge in [-0.1, -0.05) is 0 Å². The second kappa shape index (κ2) is 3.73. The Morgan fingerprint density at radius 3 is 2.17 bits per heavy atom. The molecule has 3 heteroatoms. The van der Waals surface area contributed by atoms with Gasteiger partial charge < -0.3 is 9.84 Å². The molecule has 1 N–H and O–H groups in total. The fourth-order valence-corrected chi connectivity index (χ4v) is 1.35. The third-order valence-electron chi connectivity index (χ3n) is 1.91. The molecular weight excluding hydrogens is 154 g/mol. The predicted octanol–water partition coefficient (Wildman–Crippen LogP) is 1.17. The molecule has 1 atom stereocenters. The Bertz CT molecular complexity index is 136. The average Bonchev–Trinajstić information content (AvgIpc) is 2.32. The Kier molecular flexibility index (Phi) is 3.09. The van der Waals surface area contributed by atoms with E-state index in [1.807, 2.05) is 25.7 Å². The molecule has 0 spiro atoms. The van der Waals surface area contributed by atoms with Crippen molar-refractivity contribution in [3.8, 4) is 0 Å². The van der Waals surface area contributed by atoms with Gasteiger partial charge in [0.2, 0.25) is 6.41 Å². The molecule has 1 aliphatic heterocycles. The van der Waals surface area contributed by atoms with Crippen LogP contribution in [0.15, 0.2) is 0 Å². The van der Waals surface area contributed by atoms with Crippen molar-refractivity contribution < 1.29 is 9.84 Å². The van der Waals surface area contributed by atoms with Crippen LogP contribution in [0, 0.1) is 0 Å². The standard InChI is InChI=1S/C9H19NO2/c1-9(2,3)12-8(11)10-6-4-5-7-10/h8,11H,4-7H2,1-3H3. The quantitative estimate of drug-likeness (QED) is 0.636. The number of likely N-dealkylation sites (tertiary alicyclic amines) is 1. The molecule has 72 valence electrons. The lowest BCUT2D eigenvalue weighted by Gasteiger charge is -2.29. The van der Waals surface area contributed by atoms with Crippen molar-refractivity contribution in [1.82, 2.24) is 4.90 Å². The minimum Gasteiger partial charge on any atom is -0.356 e. The van der Waals surface area contributed by atoms with Crippen LogP contribution in [0.3, 0.4) is 0 Å². The van der Waals surface area contributed by atoms with Gasteiger partial charge in [-0.15, -0.1) is 0 Å². The summed E-state index contributed by atoms with van der Waals surface area (Å²) in [5.41, 5.74) is -0.262. The summed E-state index contributed by atoms with van der Waals surface area (Å²) < 4.78 is 5.40. The van der Waals surface area contributed by atoms with Gasteiger partial charge in [0.05, 0.1) is 5.60 Å². The minimum absolute atomic E-state index is 0.262. The van der Waals surface area contributed by atoms with E-state index in [1.165, 1.54) is 12.8 Å². The summed E-state index contributed by atoms with van der Waals surface area (Å²) in [6.45, 7) is 7.76. The molecule has 0 bridgehead atoms. The van der Waals surface area contributed by atoms with Gasteiger partial charge in [-0.3, -0.25) is 4.90 Å². The lowest BCUT2D eigenvalue weighted by molar-refractivity contribution is -0.233. The van der Waals surface area contributed by atoms with Crippen molar-refractivity contribution >= 4 is 0 Å². The Hall–Kier alpha value is -0.120. The van der Waals surface area contributed by atoms with E-state index in [0.29, 0.717) is 0 Å². The van der Waals surface area contributed by atoms with Crippen molar-refractivity contribution in [2.45, 2.75) is 45.6 Å². The van der Waals surface area contributed by atoms with E-state index in [0.717, 1.165) is 13.1 Å². The van der Waals surface area contributed by atoms with Gasteiger partial charge in [0.25, 0.3) is 0 Å². The molecule has 1 unspecified atom stereocenters. The highest BCUT2D eigenvalue weighted by atomic mass is 16.6. The van der Waals surface area contributed by atoms with Gasteiger partial charge in [0.15, 0.2) is 0 Å². The Balaban J connectivity index is 2.31. The molecule has 1 heterocycles. The molecule has 0 amide bonds. The van der Waals surface area contributed by atoms with E-state index in [9.17, 15) is 5.11 Å². The van der Waals surface area contributed by atoms with Gasteiger partial charge >= 0.3 is 0 Å². The number of aliphatic hydroxyl groups excluding tert-OH is 1. The first-order valence-corrected chi connectivity index (χ1v) is 4.59. The van der Waals surface area contributed by atoms with E-state index in [4.69, 9.17) is 4.74 Å². The summed E-state index contributed by atoms with van der Waals surface area (Å²) in [5.74, 6) is 0. The van der Waals surface area contributed by atoms with Crippen LogP contribution in [0.5, 0.6) is 0 Å². The molecule has 3 nitrogen and oxygen atoms in total. The summed E-state index contributed by atoms with van der Waals surface area (Å²) >= 11 is 0. The van der Waals surface area contributed by atoms with Crippen molar-refractivity contribution in [1.29, 1.82) is 0 Å². The SMILES string of the molecule is CC(C)(C)OC(O)N1CCCC1. The first kappa shape index (κ1) is 9.96. The average molecular weight is 173 g/mol. The van der Waals surface area contributed by atoms with Crippen LogP contribution < -0.4 is 0 Å². The van der Waals surface area contributed by atoms with Crippen LogP contribution in [0.2, 0.25) is 0 Å². The van der Waals surface area contributed by atoms with Gasteiger partial charge in [-0.25, -0.2) is 0 Å². The summed E-state index contributed by atoms with van der Waals surface area (Å²) in [5, 5.41) is 9.59. The maximum atomic E-state index is 9.59. The lowest BCUT2D eigenvalue weighted by atomic mass is 10.2. The molecule has 0 aromatic rings. The smallest absolute Gasteiger partial charge is 0.216 e. The highest BCUT2D eigenvalue weighted by Crippen LogP contribution is 2.16. The van der Waals surface area contributed by atoms with E-state index in [2.05, 4.69) is 0 Å². The van der Waals surface area contributed by atoms with E-state index >= 15 is 0 Å². The molecule has 12 heavy (non-hydrogen) atoms. The van der Waals surface area contributed by atoms with Gasteiger partial charge in [-0.05, 0) is 33.6 Å². The monoisotopic (exact) mass is 173 g/mol. The Morgan fingerprint density at radius 2 is 1.75 bits per heavy atom. The number of nitrogens with zero attached hydrogens (tertiary/aromatic N) is 1. The van der Waals surface area contributed by atoms with Crippen molar-refractivity contribution in [2.75, 3.05) is 13.1 Å². The zero-order valence-corrected chi connectivity index (χ0v) is 8.21. The summed E-state index contributed by atoms with van der Waals surface area (Å²) in [4.78, 5) is 1.96.